The van der Waals surface area contributed by atoms with Crippen molar-refractivity contribution < 1.29 is 4.74 Å². The first kappa shape index (κ1) is 19.7. The molecule has 4 nitrogen and oxygen atoms in total. The molecule has 1 aromatic carbocycles. The van der Waals surface area contributed by atoms with Crippen molar-refractivity contribution >= 4 is 12.4 Å². The van der Waals surface area contributed by atoms with Crippen LogP contribution in [0, 0.1) is 13.8 Å². The molecular weight excluding hydrogens is 334 g/mol. The number of aryl methyl sites for hydroxylation is 2. The molecule has 0 radical (unpaired) electrons. The van der Waals surface area contributed by atoms with E-state index >= 15 is 0 Å². The Morgan fingerprint density at radius 2 is 2.00 bits per heavy atom. The van der Waals surface area contributed by atoms with E-state index in [1.165, 1.54) is 16.7 Å². The number of piperazine rings is 1. The van der Waals surface area contributed by atoms with Crippen molar-refractivity contribution in [2.45, 2.75) is 40.0 Å². The Morgan fingerprint density at radius 3 is 2.64 bits per heavy atom. The van der Waals surface area contributed by atoms with E-state index in [-0.39, 0.29) is 12.4 Å². The molecule has 1 fully saturated rings. The summed E-state index contributed by atoms with van der Waals surface area (Å²) in [5.41, 5.74) is 4.72. The van der Waals surface area contributed by atoms with Gasteiger partial charge in [0.1, 0.15) is 12.4 Å². The fourth-order valence-electron chi connectivity index (χ4n) is 3.40. The Labute approximate surface area is 157 Å². The summed E-state index contributed by atoms with van der Waals surface area (Å²) in [6.45, 7) is 11.3. The van der Waals surface area contributed by atoms with E-state index in [4.69, 9.17) is 4.74 Å². The monoisotopic (exact) mass is 361 g/mol. The van der Waals surface area contributed by atoms with E-state index in [0.717, 1.165) is 37.6 Å². The van der Waals surface area contributed by atoms with Gasteiger partial charge in [-0.05, 0) is 49.6 Å². The van der Waals surface area contributed by atoms with Crippen LogP contribution in [0.3, 0.4) is 0 Å². The van der Waals surface area contributed by atoms with Crippen LogP contribution in [-0.2, 0) is 13.2 Å². The van der Waals surface area contributed by atoms with Crippen molar-refractivity contribution in [3.05, 3.63) is 58.9 Å². The molecule has 0 amide bonds. The molecule has 136 valence electrons. The zero-order valence-corrected chi connectivity index (χ0v) is 16.1. The summed E-state index contributed by atoms with van der Waals surface area (Å²) >= 11 is 0. The van der Waals surface area contributed by atoms with Crippen LogP contribution in [0.2, 0.25) is 0 Å². The van der Waals surface area contributed by atoms with Crippen LogP contribution in [-0.4, -0.2) is 35.6 Å². The number of hydrogen-bond donors (Lipinski definition) is 1. The minimum Gasteiger partial charge on any atom is -0.487 e. The predicted molar refractivity (Wildman–Crippen MR) is 104 cm³/mol. The number of halogens is 1. The van der Waals surface area contributed by atoms with Crippen molar-refractivity contribution in [2.75, 3.05) is 19.6 Å². The predicted octanol–water partition coefficient (Wildman–Crippen LogP) is 3.49. The number of aromatic nitrogens is 1. The van der Waals surface area contributed by atoms with Gasteiger partial charge in [-0.1, -0.05) is 18.2 Å². The molecule has 1 aliphatic heterocycles. The Bertz CT molecular complexity index is 655. The molecule has 1 atom stereocenters. The highest BCUT2D eigenvalue weighted by molar-refractivity contribution is 5.85. The van der Waals surface area contributed by atoms with Gasteiger partial charge in [0.25, 0.3) is 0 Å². The first-order valence-electron chi connectivity index (χ1n) is 8.70. The lowest BCUT2D eigenvalue weighted by atomic mass is 10.0. The molecule has 0 unspecified atom stereocenters. The van der Waals surface area contributed by atoms with Gasteiger partial charge in [0, 0.05) is 38.4 Å². The normalized spacial score (nSPS) is 17.8. The fourth-order valence-corrected chi connectivity index (χ4v) is 3.40. The van der Waals surface area contributed by atoms with Gasteiger partial charge in [-0.15, -0.1) is 12.4 Å². The quantitative estimate of drug-likeness (QED) is 0.884. The second-order valence-electron chi connectivity index (χ2n) is 6.76. The Kier molecular flexibility index (Phi) is 7.24. The van der Waals surface area contributed by atoms with Crippen LogP contribution >= 0.6 is 12.4 Å². The van der Waals surface area contributed by atoms with Crippen LogP contribution in [0.5, 0.6) is 5.75 Å². The van der Waals surface area contributed by atoms with Gasteiger partial charge in [-0.2, -0.15) is 0 Å². The maximum absolute atomic E-state index is 6.03. The van der Waals surface area contributed by atoms with E-state index in [9.17, 15) is 0 Å². The third-order valence-electron chi connectivity index (χ3n) is 4.47. The second-order valence-corrected chi connectivity index (χ2v) is 6.76. The van der Waals surface area contributed by atoms with Gasteiger partial charge in [-0.3, -0.25) is 9.88 Å². The molecule has 0 saturated carbocycles. The topological polar surface area (TPSA) is 37.4 Å². The van der Waals surface area contributed by atoms with Gasteiger partial charge in [0.05, 0.1) is 5.69 Å². The van der Waals surface area contributed by atoms with Crippen LogP contribution in [0.1, 0.15) is 29.3 Å². The van der Waals surface area contributed by atoms with Crippen LogP contribution in [0.25, 0.3) is 0 Å². The molecule has 3 rings (SSSR count). The highest BCUT2D eigenvalue weighted by Gasteiger charge is 2.16. The summed E-state index contributed by atoms with van der Waals surface area (Å²) in [4.78, 5) is 6.84. The van der Waals surface area contributed by atoms with Gasteiger partial charge >= 0.3 is 0 Å². The summed E-state index contributed by atoms with van der Waals surface area (Å²) in [6.07, 6.45) is 1.80. The Morgan fingerprint density at radius 1 is 1.24 bits per heavy atom. The summed E-state index contributed by atoms with van der Waals surface area (Å²) in [5.74, 6) is 0.984. The van der Waals surface area contributed by atoms with Crippen molar-refractivity contribution in [1.29, 1.82) is 0 Å². The summed E-state index contributed by atoms with van der Waals surface area (Å²) in [7, 11) is 0. The van der Waals surface area contributed by atoms with E-state index in [1.807, 2.05) is 18.2 Å². The van der Waals surface area contributed by atoms with Crippen LogP contribution in [0.4, 0.5) is 0 Å². The fraction of sp³-hybridized carbons (Fsp3) is 0.450. The minimum absolute atomic E-state index is 0. The first-order valence-corrected chi connectivity index (χ1v) is 8.70. The molecule has 0 spiro atoms. The van der Waals surface area contributed by atoms with Crippen molar-refractivity contribution in [3.63, 3.8) is 0 Å². The van der Waals surface area contributed by atoms with Crippen molar-refractivity contribution in [3.8, 4) is 5.75 Å². The molecule has 0 aliphatic carbocycles. The molecule has 1 aliphatic rings. The van der Waals surface area contributed by atoms with Crippen LogP contribution in [0.15, 0.2) is 36.5 Å². The smallest absolute Gasteiger partial charge is 0.130 e. The Balaban J connectivity index is 0.00000225. The summed E-state index contributed by atoms with van der Waals surface area (Å²) in [6, 6.07) is 11.0. The molecular formula is C20H28ClN3O. The molecule has 2 aromatic rings. The number of nitrogens with one attached hydrogen (secondary N) is 1. The van der Waals surface area contributed by atoms with Gasteiger partial charge < -0.3 is 10.1 Å². The van der Waals surface area contributed by atoms with E-state index in [1.54, 1.807) is 6.20 Å². The number of ether oxygens (including phenoxy) is 1. The number of nitrogens with zero attached hydrogens (tertiary/aromatic N) is 2. The standard InChI is InChI=1S/C20H27N3O.ClH/c1-15-10-18(13-23-9-8-21-17(3)12-23)11-16(2)20(15)24-14-19-6-4-5-7-22-19;/h4-7,10-11,17,21H,8-9,12-14H2,1-3H3;1H/t17-;/m0./s1. The largest absolute Gasteiger partial charge is 0.487 e. The molecule has 2 heterocycles. The van der Waals surface area contributed by atoms with Gasteiger partial charge in [0.2, 0.25) is 0 Å². The number of rotatable bonds is 5. The lowest BCUT2D eigenvalue weighted by molar-refractivity contribution is 0.199. The molecule has 0 bridgehead atoms. The zero-order valence-electron chi connectivity index (χ0n) is 15.3. The number of benzene rings is 1. The third kappa shape index (κ3) is 5.43. The van der Waals surface area contributed by atoms with Gasteiger partial charge in [-0.25, -0.2) is 0 Å². The molecule has 1 N–H and O–H groups in total. The van der Waals surface area contributed by atoms with E-state index in [2.05, 4.69) is 48.1 Å². The second kappa shape index (κ2) is 9.18. The average Bonchev–Trinajstić information content (AvgIpc) is 2.55. The lowest BCUT2D eigenvalue weighted by Crippen LogP contribution is -2.48. The van der Waals surface area contributed by atoms with E-state index < -0.39 is 0 Å². The Hall–Kier alpha value is -1.62. The SMILES string of the molecule is Cc1cc(CN2CCN[C@@H](C)C2)cc(C)c1OCc1ccccn1.Cl. The maximum atomic E-state index is 6.03. The van der Waals surface area contributed by atoms with Gasteiger partial charge in [0.15, 0.2) is 0 Å². The van der Waals surface area contributed by atoms with E-state index in [0.29, 0.717) is 12.6 Å². The lowest BCUT2D eigenvalue weighted by Gasteiger charge is -2.32. The third-order valence-corrected chi connectivity index (χ3v) is 4.47. The zero-order chi connectivity index (χ0) is 16.9. The summed E-state index contributed by atoms with van der Waals surface area (Å²) < 4.78 is 6.03. The molecule has 25 heavy (non-hydrogen) atoms. The maximum Gasteiger partial charge on any atom is 0.130 e. The highest BCUT2D eigenvalue weighted by atomic mass is 35.5. The van der Waals surface area contributed by atoms with Crippen molar-refractivity contribution in [1.82, 2.24) is 15.2 Å². The molecule has 1 aromatic heterocycles. The summed E-state index contributed by atoms with van der Waals surface area (Å²) in [5, 5.41) is 3.49. The highest BCUT2D eigenvalue weighted by Crippen LogP contribution is 2.26. The number of pyridine rings is 1. The van der Waals surface area contributed by atoms with Crippen molar-refractivity contribution in [2.24, 2.45) is 0 Å². The van der Waals surface area contributed by atoms with Crippen LogP contribution < -0.4 is 10.1 Å². The first-order chi connectivity index (χ1) is 11.6. The molecule has 5 heteroatoms. The minimum atomic E-state index is 0. The number of hydrogen-bond acceptors (Lipinski definition) is 4. The molecule has 1 saturated heterocycles. The average molecular weight is 362 g/mol.